The molecule has 2 aromatic rings. The van der Waals surface area contributed by atoms with E-state index in [2.05, 4.69) is 44.3 Å². The van der Waals surface area contributed by atoms with Crippen molar-refractivity contribution in [3.63, 3.8) is 0 Å². The molecule has 6 rings (SSSR count). The standard InChI is InChI=1S/C25H32N2OS/c1-4-5-21-22(20-7-6-15(2)16(3)8-20)26-24(29-21)27-23(28)25-12-17-9-18(13-25)11-19(10-17)14-25/h6-8,17-19H,4-5,9-14H2,1-3H3,(H,26,27,28). The van der Waals surface area contributed by atoms with Crippen molar-refractivity contribution in [3.8, 4) is 11.3 Å². The fourth-order valence-electron chi connectivity index (χ4n) is 6.53. The van der Waals surface area contributed by atoms with Gasteiger partial charge in [-0.05, 0) is 93.7 Å². The molecule has 1 aromatic carbocycles. The number of hydrogen-bond acceptors (Lipinski definition) is 3. The summed E-state index contributed by atoms with van der Waals surface area (Å²) in [5, 5.41) is 4.08. The van der Waals surface area contributed by atoms with Crippen LogP contribution in [-0.4, -0.2) is 10.9 Å². The van der Waals surface area contributed by atoms with Gasteiger partial charge in [-0.15, -0.1) is 11.3 Å². The van der Waals surface area contributed by atoms with Crippen LogP contribution in [0.15, 0.2) is 18.2 Å². The number of amides is 1. The molecule has 4 aliphatic rings. The summed E-state index contributed by atoms with van der Waals surface area (Å²) in [5.74, 6) is 2.60. The van der Waals surface area contributed by atoms with Crippen LogP contribution in [0.2, 0.25) is 0 Å². The van der Waals surface area contributed by atoms with E-state index in [1.54, 1.807) is 11.3 Å². The highest BCUT2D eigenvalue weighted by Gasteiger charge is 2.54. The van der Waals surface area contributed by atoms with E-state index in [0.29, 0.717) is 0 Å². The predicted molar refractivity (Wildman–Crippen MR) is 120 cm³/mol. The maximum Gasteiger partial charge on any atom is 0.232 e. The number of thiazole rings is 1. The van der Waals surface area contributed by atoms with Gasteiger partial charge >= 0.3 is 0 Å². The first-order chi connectivity index (χ1) is 14.0. The van der Waals surface area contributed by atoms with Crippen LogP contribution in [-0.2, 0) is 11.2 Å². The van der Waals surface area contributed by atoms with E-state index in [0.717, 1.165) is 60.7 Å². The van der Waals surface area contributed by atoms with Crippen LogP contribution in [0, 0.1) is 37.0 Å². The molecule has 4 saturated carbocycles. The topological polar surface area (TPSA) is 42.0 Å². The van der Waals surface area contributed by atoms with Crippen molar-refractivity contribution in [1.29, 1.82) is 0 Å². The van der Waals surface area contributed by atoms with Crippen molar-refractivity contribution >= 4 is 22.4 Å². The number of aryl methyl sites for hydroxylation is 3. The number of carbonyl (C=O) groups is 1. The molecule has 1 aromatic heterocycles. The number of benzene rings is 1. The molecule has 1 amide bonds. The number of nitrogens with one attached hydrogen (secondary N) is 1. The molecule has 0 aliphatic heterocycles. The van der Waals surface area contributed by atoms with Crippen LogP contribution in [0.5, 0.6) is 0 Å². The van der Waals surface area contributed by atoms with E-state index >= 15 is 0 Å². The van der Waals surface area contributed by atoms with Gasteiger partial charge in [-0.2, -0.15) is 0 Å². The molecule has 4 fully saturated rings. The zero-order valence-corrected chi connectivity index (χ0v) is 18.7. The molecular formula is C25H32N2OS. The predicted octanol–water partition coefficient (Wildman–Crippen LogP) is 6.53. The summed E-state index contributed by atoms with van der Waals surface area (Å²) in [5.41, 5.74) is 4.70. The van der Waals surface area contributed by atoms with E-state index in [1.807, 2.05) is 0 Å². The van der Waals surface area contributed by atoms with Crippen LogP contribution < -0.4 is 5.32 Å². The highest BCUT2D eigenvalue weighted by atomic mass is 32.1. The molecule has 0 saturated heterocycles. The Balaban J connectivity index is 1.41. The lowest BCUT2D eigenvalue weighted by Crippen LogP contribution is -2.51. The van der Waals surface area contributed by atoms with Gasteiger partial charge in [-0.3, -0.25) is 4.79 Å². The molecule has 1 N–H and O–H groups in total. The van der Waals surface area contributed by atoms with Crippen LogP contribution in [0.3, 0.4) is 0 Å². The molecule has 0 spiro atoms. The number of anilines is 1. The summed E-state index contributed by atoms with van der Waals surface area (Å²) in [4.78, 5) is 19.6. The highest BCUT2D eigenvalue weighted by molar-refractivity contribution is 7.16. The Bertz CT molecular complexity index is 909. The SMILES string of the molecule is CCCc1sc(NC(=O)C23CC4CC(CC(C4)C2)C3)nc1-c1ccc(C)c(C)c1. The molecule has 29 heavy (non-hydrogen) atoms. The Morgan fingerprint density at radius 2 is 1.76 bits per heavy atom. The summed E-state index contributed by atoms with van der Waals surface area (Å²) in [7, 11) is 0. The zero-order valence-electron chi connectivity index (χ0n) is 17.9. The number of rotatable bonds is 5. The third kappa shape index (κ3) is 3.43. The molecule has 154 valence electrons. The molecule has 0 radical (unpaired) electrons. The van der Waals surface area contributed by atoms with E-state index in [9.17, 15) is 4.79 Å². The van der Waals surface area contributed by atoms with Gasteiger partial charge in [0.05, 0.1) is 11.1 Å². The van der Waals surface area contributed by atoms with Crippen molar-refractivity contribution in [2.24, 2.45) is 23.2 Å². The van der Waals surface area contributed by atoms with Crippen molar-refractivity contribution in [1.82, 2.24) is 4.98 Å². The Morgan fingerprint density at radius 1 is 1.10 bits per heavy atom. The van der Waals surface area contributed by atoms with Crippen LogP contribution in [0.25, 0.3) is 11.3 Å². The number of carbonyl (C=O) groups excluding carboxylic acids is 1. The van der Waals surface area contributed by atoms with Crippen molar-refractivity contribution in [2.75, 3.05) is 5.32 Å². The minimum atomic E-state index is -0.119. The molecule has 3 nitrogen and oxygen atoms in total. The third-order valence-electron chi connectivity index (χ3n) is 7.70. The lowest BCUT2D eigenvalue weighted by Gasteiger charge is -2.55. The Kier molecular flexibility index (Phi) is 4.81. The molecule has 0 unspecified atom stereocenters. The maximum absolute atomic E-state index is 13.4. The Labute approximate surface area is 178 Å². The molecule has 4 aliphatic carbocycles. The molecular weight excluding hydrogens is 376 g/mol. The van der Waals surface area contributed by atoms with Gasteiger partial charge in [0.15, 0.2) is 5.13 Å². The first kappa shape index (κ1) is 19.3. The van der Waals surface area contributed by atoms with E-state index in [4.69, 9.17) is 4.98 Å². The van der Waals surface area contributed by atoms with Crippen LogP contribution in [0.4, 0.5) is 5.13 Å². The van der Waals surface area contributed by atoms with Gasteiger partial charge in [0, 0.05) is 10.4 Å². The monoisotopic (exact) mass is 408 g/mol. The van der Waals surface area contributed by atoms with Crippen molar-refractivity contribution in [3.05, 3.63) is 34.2 Å². The number of hydrogen-bond donors (Lipinski definition) is 1. The average molecular weight is 409 g/mol. The molecule has 1 heterocycles. The Morgan fingerprint density at radius 3 is 2.34 bits per heavy atom. The van der Waals surface area contributed by atoms with Gasteiger partial charge in [0.25, 0.3) is 0 Å². The lowest BCUT2D eigenvalue weighted by atomic mass is 9.49. The summed E-state index contributed by atoms with van der Waals surface area (Å²) in [6.45, 7) is 6.50. The molecule has 4 bridgehead atoms. The summed E-state index contributed by atoms with van der Waals surface area (Å²) in [6, 6.07) is 6.57. The Hall–Kier alpha value is -1.68. The van der Waals surface area contributed by atoms with Gasteiger partial charge in [0.1, 0.15) is 0 Å². The quantitative estimate of drug-likeness (QED) is 0.611. The fraction of sp³-hybridized carbons (Fsp3) is 0.600. The van der Waals surface area contributed by atoms with Crippen molar-refractivity contribution in [2.45, 2.75) is 72.1 Å². The second kappa shape index (κ2) is 7.23. The second-order valence-corrected chi connectivity index (χ2v) is 11.1. The van der Waals surface area contributed by atoms with Gasteiger partial charge in [-0.1, -0.05) is 25.5 Å². The first-order valence-corrected chi connectivity index (χ1v) is 12.2. The highest BCUT2D eigenvalue weighted by Crippen LogP contribution is 2.60. The van der Waals surface area contributed by atoms with E-state index in [1.165, 1.54) is 40.8 Å². The maximum atomic E-state index is 13.4. The van der Waals surface area contributed by atoms with Gasteiger partial charge < -0.3 is 5.32 Å². The molecule has 0 atom stereocenters. The van der Waals surface area contributed by atoms with Crippen molar-refractivity contribution < 1.29 is 4.79 Å². The smallest absolute Gasteiger partial charge is 0.232 e. The van der Waals surface area contributed by atoms with Crippen LogP contribution >= 0.6 is 11.3 Å². The second-order valence-electron chi connectivity index (χ2n) is 9.99. The van der Waals surface area contributed by atoms with Gasteiger partial charge in [0.2, 0.25) is 5.91 Å². The fourth-order valence-corrected chi connectivity index (χ4v) is 7.61. The molecule has 4 heteroatoms. The average Bonchev–Trinajstić information content (AvgIpc) is 3.05. The minimum Gasteiger partial charge on any atom is -0.301 e. The lowest BCUT2D eigenvalue weighted by molar-refractivity contribution is -0.140. The number of aromatic nitrogens is 1. The summed E-state index contributed by atoms with van der Waals surface area (Å²) < 4.78 is 0. The first-order valence-electron chi connectivity index (χ1n) is 11.3. The zero-order chi connectivity index (χ0) is 20.2. The summed E-state index contributed by atoms with van der Waals surface area (Å²) in [6.07, 6.45) is 9.48. The van der Waals surface area contributed by atoms with E-state index < -0.39 is 0 Å². The third-order valence-corrected chi connectivity index (χ3v) is 8.73. The largest absolute Gasteiger partial charge is 0.301 e. The van der Waals surface area contributed by atoms with Gasteiger partial charge in [-0.25, -0.2) is 4.98 Å². The summed E-state index contributed by atoms with van der Waals surface area (Å²) >= 11 is 1.68. The number of nitrogens with zero attached hydrogens (tertiary/aromatic N) is 1. The minimum absolute atomic E-state index is 0.119. The van der Waals surface area contributed by atoms with E-state index in [-0.39, 0.29) is 11.3 Å². The van der Waals surface area contributed by atoms with Crippen LogP contribution in [0.1, 0.15) is 67.9 Å². The normalized spacial score (nSPS) is 30.0.